The van der Waals surface area contributed by atoms with Gasteiger partial charge in [0.15, 0.2) is 9.89 Å². The van der Waals surface area contributed by atoms with Gasteiger partial charge in [-0.3, -0.25) is 14.2 Å². The van der Waals surface area contributed by atoms with E-state index in [9.17, 15) is 14.4 Å². The Morgan fingerprint density at radius 1 is 1.10 bits per heavy atom. The number of nitrogens with zero attached hydrogens (tertiary/aromatic N) is 2. The summed E-state index contributed by atoms with van der Waals surface area (Å²) in [4.78, 5) is 45.0. The monoisotopic (exact) mass is 588 g/mol. The molecule has 2 aromatic carbocycles. The lowest BCUT2D eigenvalue weighted by atomic mass is 9.94. The van der Waals surface area contributed by atoms with Gasteiger partial charge in [-0.25, -0.2) is 9.79 Å². The summed E-state index contributed by atoms with van der Waals surface area (Å²) in [5, 5.41) is 0.703. The number of furan rings is 1. The summed E-state index contributed by atoms with van der Waals surface area (Å²) < 4.78 is 18.3. The molecule has 210 valence electrons. The molecule has 0 saturated carbocycles. The quantitative estimate of drug-likeness (QED) is 0.276. The maximum atomic E-state index is 13.8. The van der Waals surface area contributed by atoms with Crippen LogP contribution in [0.5, 0.6) is 0 Å². The van der Waals surface area contributed by atoms with E-state index < -0.39 is 12.0 Å². The molecule has 0 spiro atoms. The number of thiazole rings is 1. The number of fused-ring (bicyclic) bond motifs is 1. The second-order valence-electron chi connectivity index (χ2n) is 9.60. The van der Waals surface area contributed by atoms with E-state index in [2.05, 4.69) is 4.99 Å². The molecule has 1 atom stereocenters. The van der Waals surface area contributed by atoms with E-state index in [-0.39, 0.29) is 29.6 Å². The Bertz CT molecular complexity index is 1800. The van der Waals surface area contributed by atoms with E-state index in [1.165, 1.54) is 34.8 Å². The first-order valence-electron chi connectivity index (χ1n) is 13.0. The largest absolute Gasteiger partial charge is 0.469 e. The van der Waals surface area contributed by atoms with Gasteiger partial charge in [0, 0.05) is 11.0 Å². The first-order chi connectivity index (χ1) is 19.7. The molecule has 41 heavy (non-hydrogen) atoms. The fraction of sp³-hybridized carbons (Fsp3) is 0.226. The Hall–Kier alpha value is -4.15. The fourth-order valence-corrected chi connectivity index (χ4v) is 6.26. The molecule has 0 unspecified atom stereocenters. The topological polar surface area (TPSA) is 100 Å². The second-order valence-corrected chi connectivity index (χ2v) is 11.7. The van der Waals surface area contributed by atoms with E-state index in [1.807, 2.05) is 42.5 Å². The third-order valence-corrected chi connectivity index (χ3v) is 8.20. The molecular weight excluding hydrogens is 560 g/mol. The molecule has 8 nitrogen and oxygen atoms in total. The molecule has 0 aliphatic carbocycles. The van der Waals surface area contributed by atoms with Crippen molar-refractivity contribution >= 4 is 41.1 Å². The van der Waals surface area contributed by atoms with Crippen molar-refractivity contribution in [3.05, 3.63) is 115 Å². The number of hydrogen-bond donors (Lipinski definition) is 0. The Labute approximate surface area is 244 Å². The minimum Gasteiger partial charge on any atom is -0.469 e. The van der Waals surface area contributed by atoms with Gasteiger partial charge in [-0.05, 0) is 56.2 Å². The van der Waals surface area contributed by atoms with E-state index >= 15 is 0 Å². The van der Waals surface area contributed by atoms with Crippen LogP contribution in [0.1, 0.15) is 43.7 Å². The highest BCUT2D eigenvalue weighted by atomic mass is 32.2. The zero-order valence-electron chi connectivity index (χ0n) is 23.0. The average molecular weight is 589 g/mol. The molecule has 5 rings (SSSR count). The average Bonchev–Trinajstić information content (AvgIpc) is 3.51. The maximum absolute atomic E-state index is 13.8. The van der Waals surface area contributed by atoms with Crippen LogP contribution in [-0.4, -0.2) is 29.7 Å². The SMILES string of the molecule is COC(=O)Cc1ccc([C@@H]2C(C(=O)OC(C)C)=C(C)N=c3s/c(=C/c4ccc(Sc5ccccc5)o4)c(=O)n32)cc1. The number of allylic oxidation sites excluding steroid dienone is 1. The highest BCUT2D eigenvalue weighted by Crippen LogP contribution is 2.32. The normalized spacial score (nSPS) is 15.0. The fourth-order valence-electron chi connectivity index (χ4n) is 4.43. The van der Waals surface area contributed by atoms with Gasteiger partial charge in [0.05, 0.1) is 41.5 Å². The Morgan fingerprint density at radius 2 is 1.83 bits per heavy atom. The van der Waals surface area contributed by atoms with Crippen LogP contribution in [0.2, 0.25) is 0 Å². The molecule has 0 radical (unpaired) electrons. The summed E-state index contributed by atoms with van der Waals surface area (Å²) in [6, 6.07) is 20.0. The van der Waals surface area contributed by atoms with Crippen LogP contribution in [-0.2, 0) is 25.5 Å². The molecule has 3 heterocycles. The summed E-state index contributed by atoms with van der Waals surface area (Å²) in [6.45, 7) is 5.28. The van der Waals surface area contributed by atoms with E-state index in [4.69, 9.17) is 13.9 Å². The van der Waals surface area contributed by atoms with Gasteiger partial charge in [0.25, 0.3) is 5.56 Å². The number of aromatic nitrogens is 1. The van der Waals surface area contributed by atoms with Crippen LogP contribution in [0.25, 0.3) is 6.08 Å². The molecular formula is C31H28N2O6S2. The molecule has 1 aliphatic rings. The lowest BCUT2D eigenvalue weighted by molar-refractivity contribution is -0.143. The van der Waals surface area contributed by atoms with Crippen molar-refractivity contribution in [2.45, 2.75) is 49.3 Å². The standard InChI is InChI=1S/C31H28N2O6S2/c1-18(2)38-30(36)27-19(3)32-31-33(28(27)21-12-10-20(11-13-21)16-25(34)37-4)29(35)24(41-31)17-22-14-15-26(39-22)40-23-8-6-5-7-9-23/h5-15,17-18,28H,16H2,1-4H3/b24-17+/t28-/m1/s1. The Balaban J connectivity index is 1.56. The predicted octanol–water partition coefficient (Wildman–Crippen LogP) is 4.65. The predicted molar refractivity (Wildman–Crippen MR) is 156 cm³/mol. The summed E-state index contributed by atoms with van der Waals surface area (Å²) in [5.74, 6) is -0.355. The van der Waals surface area contributed by atoms with Crippen LogP contribution >= 0.6 is 23.1 Å². The summed E-state index contributed by atoms with van der Waals surface area (Å²) >= 11 is 2.72. The van der Waals surface area contributed by atoms with Crippen molar-refractivity contribution in [1.82, 2.24) is 4.57 Å². The van der Waals surface area contributed by atoms with Crippen molar-refractivity contribution in [1.29, 1.82) is 0 Å². The number of carbonyl (C=O) groups is 2. The molecule has 0 amide bonds. The zero-order chi connectivity index (χ0) is 29.1. The van der Waals surface area contributed by atoms with Gasteiger partial charge in [-0.2, -0.15) is 0 Å². The third-order valence-electron chi connectivity index (χ3n) is 6.29. The Morgan fingerprint density at radius 3 is 2.51 bits per heavy atom. The van der Waals surface area contributed by atoms with E-state index in [0.29, 0.717) is 31.4 Å². The highest BCUT2D eigenvalue weighted by molar-refractivity contribution is 7.99. The van der Waals surface area contributed by atoms with Crippen molar-refractivity contribution < 1.29 is 23.5 Å². The highest BCUT2D eigenvalue weighted by Gasteiger charge is 2.33. The molecule has 0 bridgehead atoms. The summed E-state index contributed by atoms with van der Waals surface area (Å²) in [6.07, 6.45) is 1.46. The number of ether oxygens (including phenoxy) is 2. The van der Waals surface area contributed by atoms with Crippen molar-refractivity contribution in [2.75, 3.05) is 7.11 Å². The third kappa shape index (κ3) is 6.28. The number of carbonyl (C=O) groups excluding carboxylic acids is 2. The van der Waals surface area contributed by atoms with Crippen LogP contribution in [0.3, 0.4) is 0 Å². The van der Waals surface area contributed by atoms with Crippen molar-refractivity contribution in [2.24, 2.45) is 4.99 Å². The van der Waals surface area contributed by atoms with Gasteiger partial charge >= 0.3 is 11.9 Å². The molecule has 0 saturated heterocycles. The van der Waals surface area contributed by atoms with Gasteiger partial charge in [-0.1, -0.05) is 65.6 Å². The summed E-state index contributed by atoms with van der Waals surface area (Å²) in [5.41, 5.74) is 1.91. The van der Waals surface area contributed by atoms with Gasteiger partial charge in [-0.15, -0.1) is 0 Å². The maximum Gasteiger partial charge on any atom is 0.338 e. The molecule has 4 aromatic rings. The minimum atomic E-state index is -0.757. The van der Waals surface area contributed by atoms with E-state index in [1.54, 1.807) is 51.1 Å². The first kappa shape index (κ1) is 28.4. The van der Waals surface area contributed by atoms with E-state index in [0.717, 1.165) is 10.5 Å². The summed E-state index contributed by atoms with van der Waals surface area (Å²) in [7, 11) is 1.34. The minimum absolute atomic E-state index is 0.115. The number of hydrogen-bond acceptors (Lipinski definition) is 9. The number of rotatable bonds is 8. The molecule has 1 aliphatic heterocycles. The second kappa shape index (κ2) is 12.2. The van der Waals surface area contributed by atoms with Crippen LogP contribution in [0.15, 0.2) is 102 Å². The van der Waals surface area contributed by atoms with Gasteiger partial charge in [0.1, 0.15) is 5.76 Å². The molecule has 0 fully saturated rings. The van der Waals surface area contributed by atoms with Gasteiger partial charge in [0.2, 0.25) is 0 Å². The lowest BCUT2D eigenvalue weighted by Gasteiger charge is -2.25. The van der Waals surface area contributed by atoms with Crippen LogP contribution < -0.4 is 14.9 Å². The molecule has 10 heteroatoms. The lowest BCUT2D eigenvalue weighted by Crippen LogP contribution is -2.40. The van der Waals surface area contributed by atoms with Crippen LogP contribution in [0.4, 0.5) is 0 Å². The van der Waals surface area contributed by atoms with Crippen molar-refractivity contribution in [3.8, 4) is 0 Å². The molecule has 0 N–H and O–H groups in total. The van der Waals surface area contributed by atoms with Crippen LogP contribution in [0, 0.1) is 0 Å². The number of esters is 2. The number of benzene rings is 2. The first-order valence-corrected chi connectivity index (χ1v) is 14.6. The Kier molecular flexibility index (Phi) is 8.41. The zero-order valence-corrected chi connectivity index (χ0v) is 24.6. The molecule has 2 aromatic heterocycles. The smallest absolute Gasteiger partial charge is 0.338 e. The number of methoxy groups -OCH3 is 1. The van der Waals surface area contributed by atoms with Gasteiger partial charge < -0.3 is 13.9 Å². The van der Waals surface area contributed by atoms with Crippen molar-refractivity contribution in [3.63, 3.8) is 0 Å².